The predicted molar refractivity (Wildman–Crippen MR) is 80.3 cm³/mol. The first-order chi connectivity index (χ1) is 10.6. The minimum atomic E-state index is -0.449. The zero-order valence-corrected chi connectivity index (χ0v) is 12.3. The largest absolute Gasteiger partial charge is 0.391 e. The number of anilines is 1. The predicted octanol–water partition coefficient (Wildman–Crippen LogP) is 2.03. The Morgan fingerprint density at radius 2 is 2.27 bits per heavy atom. The van der Waals surface area contributed by atoms with Crippen molar-refractivity contribution in [3.63, 3.8) is 0 Å². The summed E-state index contributed by atoms with van der Waals surface area (Å²) < 4.78 is 4.99. The maximum atomic E-state index is 12.3. The second kappa shape index (κ2) is 6.15. The minimum absolute atomic E-state index is 0.230. The van der Waals surface area contributed by atoms with Gasteiger partial charge in [-0.15, -0.1) is 0 Å². The molecule has 1 fully saturated rings. The molecule has 1 unspecified atom stereocenters. The molecule has 0 radical (unpaired) electrons. The summed E-state index contributed by atoms with van der Waals surface area (Å²) >= 11 is 0. The maximum Gasteiger partial charge on any atom is 0.321 e. The lowest BCUT2D eigenvalue weighted by molar-refractivity contribution is 0.0883. The normalized spacial score (nSPS) is 18.3. The van der Waals surface area contributed by atoms with Crippen LogP contribution in [0.1, 0.15) is 18.7 Å². The Morgan fingerprint density at radius 1 is 1.45 bits per heavy atom. The molecule has 0 bridgehead atoms. The summed E-state index contributed by atoms with van der Waals surface area (Å²) in [5, 5.41) is 16.4. The number of aliphatic hydroxyl groups excluding tert-OH is 1. The van der Waals surface area contributed by atoms with Gasteiger partial charge in [0.25, 0.3) is 0 Å². The number of aliphatic hydroxyl groups is 1. The molecule has 1 aromatic carbocycles. The van der Waals surface area contributed by atoms with E-state index in [1.165, 1.54) is 0 Å². The van der Waals surface area contributed by atoms with E-state index in [-0.39, 0.29) is 6.03 Å². The smallest absolute Gasteiger partial charge is 0.321 e. The van der Waals surface area contributed by atoms with Crippen molar-refractivity contribution in [2.45, 2.75) is 25.9 Å². The molecule has 7 heteroatoms. The van der Waals surface area contributed by atoms with Crippen LogP contribution >= 0.6 is 0 Å². The zero-order chi connectivity index (χ0) is 15.5. The number of amides is 2. The molecule has 1 saturated heterocycles. The zero-order valence-electron chi connectivity index (χ0n) is 12.3. The highest BCUT2D eigenvalue weighted by molar-refractivity contribution is 5.93. The molecule has 3 rings (SSSR count). The van der Waals surface area contributed by atoms with E-state index in [4.69, 9.17) is 4.52 Å². The van der Waals surface area contributed by atoms with Gasteiger partial charge in [-0.3, -0.25) is 0 Å². The van der Waals surface area contributed by atoms with Crippen LogP contribution in [-0.2, 0) is 0 Å². The highest BCUT2D eigenvalue weighted by Crippen LogP contribution is 2.26. The number of aryl methyl sites for hydroxylation is 1. The van der Waals surface area contributed by atoms with Crippen molar-refractivity contribution in [3.05, 3.63) is 30.2 Å². The van der Waals surface area contributed by atoms with Crippen molar-refractivity contribution >= 4 is 11.7 Å². The number of para-hydroxylation sites is 1. The van der Waals surface area contributed by atoms with Crippen molar-refractivity contribution < 1.29 is 14.4 Å². The first-order valence-electron chi connectivity index (χ1n) is 7.27. The Labute approximate surface area is 127 Å². The van der Waals surface area contributed by atoms with Crippen molar-refractivity contribution in [1.29, 1.82) is 0 Å². The third-order valence-corrected chi connectivity index (χ3v) is 3.62. The van der Waals surface area contributed by atoms with Crippen LogP contribution in [0, 0.1) is 6.92 Å². The van der Waals surface area contributed by atoms with E-state index in [0.29, 0.717) is 36.1 Å². The van der Waals surface area contributed by atoms with Crippen LogP contribution in [0.15, 0.2) is 28.8 Å². The quantitative estimate of drug-likeness (QED) is 0.885. The molecule has 0 spiro atoms. The number of hydrogen-bond acceptors (Lipinski definition) is 5. The highest BCUT2D eigenvalue weighted by Gasteiger charge is 2.23. The van der Waals surface area contributed by atoms with Gasteiger partial charge in [0.2, 0.25) is 11.7 Å². The summed E-state index contributed by atoms with van der Waals surface area (Å²) in [6.07, 6.45) is 1.09. The van der Waals surface area contributed by atoms with E-state index in [1.807, 2.05) is 18.2 Å². The summed E-state index contributed by atoms with van der Waals surface area (Å²) in [5.41, 5.74) is 1.32. The van der Waals surface area contributed by atoms with Gasteiger partial charge in [-0.25, -0.2) is 4.79 Å². The number of nitrogens with one attached hydrogen (secondary N) is 1. The molecule has 1 aliphatic rings. The van der Waals surface area contributed by atoms with Crippen LogP contribution < -0.4 is 5.32 Å². The molecule has 0 aliphatic carbocycles. The number of urea groups is 1. The number of carbonyl (C=O) groups excluding carboxylic acids is 1. The average Bonchev–Trinajstić information content (AvgIpc) is 2.94. The maximum absolute atomic E-state index is 12.3. The van der Waals surface area contributed by atoms with Crippen molar-refractivity contribution in [2.75, 3.05) is 18.4 Å². The van der Waals surface area contributed by atoms with Crippen molar-refractivity contribution in [2.24, 2.45) is 0 Å². The fourth-order valence-electron chi connectivity index (χ4n) is 2.53. The molecule has 2 N–H and O–H groups in total. The molecule has 22 heavy (non-hydrogen) atoms. The number of piperidine rings is 1. The number of likely N-dealkylation sites (tertiary alicyclic amines) is 1. The van der Waals surface area contributed by atoms with E-state index in [2.05, 4.69) is 15.5 Å². The van der Waals surface area contributed by atoms with Crippen LogP contribution in [0.5, 0.6) is 0 Å². The van der Waals surface area contributed by atoms with Crippen molar-refractivity contribution in [1.82, 2.24) is 15.0 Å². The number of carbonyl (C=O) groups is 1. The Balaban J connectivity index is 1.79. The summed E-state index contributed by atoms with van der Waals surface area (Å²) in [4.78, 5) is 18.1. The number of benzene rings is 1. The van der Waals surface area contributed by atoms with E-state index >= 15 is 0 Å². The molecular weight excluding hydrogens is 284 g/mol. The van der Waals surface area contributed by atoms with E-state index in [1.54, 1.807) is 17.9 Å². The van der Waals surface area contributed by atoms with Crippen LogP contribution in [0.3, 0.4) is 0 Å². The third kappa shape index (κ3) is 3.09. The summed E-state index contributed by atoms with van der Waals surface area (Å²) in [6, 6.07) is 7.06. The molecule has 1 aromatic heterocycles. The van der Waals surface area contributed by atoms with Gasteiger partial charge in [-0.2, -0.15) is 4.98 Å². The Kier molecular flexibility index (Phi) is 4.06. The fraction of sp³-hybridized carbons (Fsp3) is 0.400. The number of rotatable bonds is 2. The second-order valence-corrected chi connectivity index (χ2v) is 5.35. The van der Waals surface area contributed by atoms with Crippen molar-refractivity contribution in [3.8, 4) is 11.4 Å². The Hall–Kier alpha value is -2.41. The first kappa shape index (κ1) is 14.5. The number of nitrogens with zero attached hydrogens (tertiary/aromatic N) is 3. The van der Waals surface area contributed by atoms with Gasteiger partial charge in [0, 0.05) is 25.6 Å². The van der Waals surface area contributed by atoms with Gasteiger partial charge < -0.3 is 19.8 Å². The standard InChI is InChI=1S/C15H18N4O3/c1-10-16-14(18-22-10)12-6-2-3-7-13(12)17-15(21)19-8-4-5-11(20)9-19/h2-3,6-7,11,20H,4-5,8-9H2,1H3,(H,17,21). The van der Waals surface area contributed by atoms with Crippen LogP contribution in [0.2, 0.25) is 0 Å². The van der Waals surface area contributed by atoms with Gasteiger partial charge in [0.1, 0.15) is 0 Å². The molecular formula is C15H18N4O3. The van der Waals surface area contributed by atoms with Gasteiger partial charge in [0.15, 0.2) is 0 Å². The molecule has 1 aliphatic heterocycles. The van der Waals surface area contributed by atoms with Gasteiger partial charge in [0.05, 0.1) is 11.8 Å². The highest BCUT2D eigenvalue weighted by atomic mass is 16.5. The Morgan fingerprint density at radius 3 is 3.00 bits per heavy atom. The van der Waals surface area contributed by atoms with Gasteiger partial charge in [-0.05, 0) is 25.0 Å². The van der Waals surface area contributed by atoms with Gasteiger partial charge >= 0.3 is 6.03 Å². The monoisotopic (exact) mass is 302 g/mol. The molecule has 2 heterocycles. The third-order valence-electron chi connectivity index (χ3n) is 3.62. The fourth-order valence-corrected chi connectivity index (χ4v) is 2.53. The molecule has 7 nitrogen and oxygen atoms in total. The van der Waals surface area contributed by atoms with E-state index < -0.39 is 6.10 Å². The van der Waals surface area contributed by atoms with Crippen LogP contribution in [0.4, 0.5) is 10.5 Å². The first-order valence-corrected chi connectivity index (χ1v) is 7.27. The average molecular weight is 302 g/mol. The summed E-state index contributed by atoms with van der Waals surface area (Å²) in [6.45, 7) is 2.72. The SMILES string of the molecule is Cc1nc(-c2ccccc2NC(=O)N2CCCC(O)C2)no1. The molecule has 2 amide bonds. The van der Waals surface area contributed by atoms with E-state index in [0.717, 1.165) is 12.8 Å². The second-order valence-electron chi connectivity index (χ2n) is 5.35. The summed E-state index contributed by atoms with van der Waals surface area (Å²) in [7, 11) is 0. The number of hydrogen-bond donors (Lipinski definition) is 2. The molecule has 116 valence electrons. The van der Waals surface area contributed by atoms with Gasteiger partial charge in [-0.1, -0.05) is 17.3 Å². The lowest BCUT2D eigenvalue weighted by Crippen LogP contribution is -2.44. The van der Waals surface area contributed by atoms with Crippen LogP contribution in [-0.4, -0.2) is 45.4 Å². The molecule has 0 saturated carbocycles. The van der Waals surface area contributed by atoms with Crippen LogP contribution in [0.25, 0.3) is 11.4 Å². The Bertz CT molecular complexity index is 670. The minimum Gasteiger partial charge on any atom is -0.391 e. The number of β-amino-alcohol motifs (C(OH)–C–C–N with tert-alkyl or cyclic N) is 1. The summed E-state index contributed by atoms with van der Waals surface area (Å²) in [5.74, 6) is 0.905. The number of aromatic nitrogens is 2. The molecule has 2 aromatic rings. The lowest BCUT2D eigenvalue weighted by Gasteiger charge is -2.30. The lowest BCUT2D eigenvalue weighted by atomic mass is 10.1. The topological polar surface area (TPSA) is 91.5 Å². The van der Waals surface area contributed by atoms with E-state index in [9.17, 15) is 9.90 Å². The molecule has 1 atom stereocenters.